The van der Waals surface area contributed by atoms with Gasteiger partial charge in [-0.2, -0.15) is 0 Å². The van der Waals surface area contributed by atoms with Gasteiger partial charge in [-0.05, 0) is 11.6 Å². The van der Waals surface area contributed by atoms with E-state index in [1.165, 1.54) is 0 Å². The van der Waals surface area contributed by atoms with Gasteiger partial charge >= 0.3 is 5.97 Å². The molecule has 96 valence electrons. The molecule has 0 amide bonds. The molecule has 0 saturated carbocycles. The maximum absolute atomic E-state index is 10.8. The standard InChI is InChI=1S/C12H14N2O4/c1-17-6-9-13-11-7(5-10(15)16)3-4-8(18-2)12(11)14-9/h3-4H,5-6H2,1-2H3,(H,13,14)(H,15,16). The van der Waals surface area contributed by atoms with Crippen molar-refractivity contribution < 1.29 is 19.4 Å². The third kappa shape index (κ3) is 2.28. The Morgan fingerprint density at radius 2 is 2.22 bits per heavy atom. The summed E-state index contributed by atoms with van der Waals surface area (Å²) in [5, 5.41) is 8.87. The van der Waals surface area contributed by atoms with E-state index in [2.05, 4.69) is 9.97 Å². The largest absolute Gasteiger partial charge is 0.494 e. The molecule has 2 rings (SSSR count). The summed E-state index contributed by atoms with van der Waals surface area (Å²) >= 11 is 0. The number of nitrogens with zero attached hydrogens (tertiary/aromatic N) is 1. The molecule has 0 atom stereocenters. The van der Waals surface area contributed by atoms with E-state index in [4.69, 9.17) is 14.6 Å². The van der Waals surface area contributed by atoms with Crippen LogP contribution < -0.4 is 4.74 Å². The molecule has 0 aliphatic heterocycles. The van der Waals surface area contributed by atoms with Gasteiger partial charge in [0.15, 0.2) is 0 Å². The lowest BCUT2D eigenvalue weighted by molar-refractivity contribution is -0.136. The molecule has 6 nitrogen and oxygen atoms in total. The number of imidazole rings is 1. The Labute approximate surface area is 104 Å². The molecule has 2 aromatic rings. The SMILES string of the molecule is COCc1nc2c(OC)ccc(CC(=O)O)c2[nH]1. The number of fused-ring (bicyclic) bond motifs is 1. The Balaban J connectivity index is 2.56. The summed E-state index contributed by atoms with van der Waals surface area (Å²) in [6, 6.07) is 3.45. The minimum absolute atomic E-state index is 0.0604. The molecule has 0 bridgehead atoms. The average Bonchev–Trinajstić information content (AvgIpc) is 2.73. The Hall–Kier alpha value is -2.08. The average molecular weight is 250 g/mol. The number of carboxylic acid groups (broad SMARTS) is 1. The highest BCUT2D eigenvalue weighted by Gasteiger charge is 2.13. The Kier molecular flexibility index (Phi) is 3.47. The van der Waals surface area contributed by atoms with Gasteiger partial charge in [0.05, 0.1) is 19.0 Å². The van der Waals surface area contributed by atoms with Gasteiger partial charge in [-0.1, -0.05) is 6.07 Å². The second-order valence-electron chi connectivity index (χ2n) is 3.84. The fourth-order valence-electron chi connectivity index (χ4n) is 1.85. The molecule has 0 radical (unpaired) electrons. The number of carbonyl (C=O) groups is 1. The molecule has 0 aliphatic rings. The zero-order valence-electron chi connectivity index (χ0n) is 10.2. The quantitative estimate of drug-likeness (QED) is 0.836. The van der Waals surface area contributed by atoms with Gasteiger partial charge in [0.1, 0.15) is 23.7 Å². The minimum Gasteiger partial charge on any atom is -0.494 e. The van der Waals surface area contributed by atoms with Gasteiger partial charge in [0.2, 0.25) is 0 Å². The molecule has 0 unspecified atom stereocenters. The fourth-order valence-corrected chi connectivity index (χ4v) is 1.85. The van der Waals surface area contributed by atoms with Crippen molar-refractivity contribution in [2.75, 3.05) is 14.2 Å². The van der Waals surface area contributed by atoms with Crippen molar-refractivity contribution in [1.29, 1.82) is 0 Å². The summed E-state index contributed by atoms with van der Waals surface area (Å²) in [6.07, 6.45) is -0.0604. The first-order valence-electron chi connectivity index (χ1n) is 5.41. The number of methoxy groups -OCH3 is 2. The first-order chi connectivity index (χ1) is 8.65. The highest BCUT2D eigenvalue weighted by atomic mass is 16.5. The third-order valence-corrected chi connectivity index (χ3v) is 2.59. The number of rotatable bonds is 5. The number of aliphatic carboxylic acids is 1. The number of aromatic amines is 1. The fraction of sp³-hybridized carbons (Fsp3) is 0.333. The second kappa shape index (κ2) is 5.05. The molecule has 2 N–H and O–H groups in total. The number of hydrogen-bond acceptors (Lipinski definition) is 4. The van der Waals surface area contributed by atoms with Crippen molar-refractivity contribution in [3.05, 3.63) is 23.5 Å². The highest BCUT2D eigenvalue weighted by Crippen LogP contribution is 2.27. The first kappa shape index (κ1) is 12.4. The summed E-state index contributed by atoms with van der Waals surface area (Å²) in [7, 11) is 3.12. The number of H-pyrrole nitrogens is 1. The lowest BCUT2D eigenvalue weighted by Gasteiger charge is -2.03. The number of nitrogens with one attached hydrogen (secondary N) is 1. The highest BCUT2D eigenvalue weighted by molar-refractivity contribution is 5.87. The van der Waals surface area contributed by atoms with Crippen LogP contribution in [0.15, 0.2) is 12.1 Å². The Morgan fingerprint density at radius 1 is 1.44 bits per heavy atom. The van der Waals surface area contributed by atoms with Crippen molar-refractivity contribution >= 4 is 17.0 Å². The second-order valence-corrected chi connectivity index (χ2v) is 3.84. The van der Waals surface area contributed by atoms with E-state index in [1.807, 2.05) is 0 Å². The number of ether oxygens (including phenoxy) is 2. The molecular formula is C12H14N2O4. The van der Waals surface area contributed by atoms with Gasteiger partial charge in [0.25, 0.3) is 0 Å². The van der Waals surface area contributed by atoms with Gasteiger partial charge < -0.3 is 19.6 Å². The van der Waals surface area contributed by atoms with Crippen LogP contribution in [0.1, 0.15) is 11.4 Å². The molecule has 0 saturated heterocycles. The predicted molar refractivity (Wildman–Crippen MR) is 64.7 cm³/mol. The molecule has 18 heavy (non-hydrogen) atoms. The van der Waals surface area contributed by atoms with E-state index in [0.29, 0.717) is 34.8 Å². The summed E-state index contributed by atoms with van der Waals surface area (Å²) in [5.41, 5.74) is 1.99. The molecule has 1 aromatic carbocycles. The maximum atomic E-state index is 10.8. The number of benzene rings is 1. The summed E-state index contributed by atoms with van der Waals surface area (Å²) in [6.45, 7) is 0.338. The van der Waals surface area contributed by atoms with Crippen LogP contribution >= 0.6 is 0 Å². The minimum atomic E-state index is -0.885. The molecular weight excluding hydrogens is 236 g/mol. The normalized spacial score (nSPS) is 10.8. The van der Waals surface area contributed by atoms with Crippen LogP contribution in [0.3, 0.4) is 0 Å². The molecule has 1 aromatic heterocycles. The maximum Gasteiger partial charge on any atom is 0.307 e. The van der Waals surface area contributed by atoms with Crippen molar-refractivity contribution in [2.24, 2.45) is 0 Å². The van der Waals surface area contributed by atoms with Gasteiger partial charge in [-0.25, -0.2) is 4.98 Å². The first-order valence-corrected chi connectivity index (χ1v) is 5.41. The topological polar surface area (TPSA) is 84.4 Å². The van der Waals surface area contributed by atoms with Crippen LogP contribution in [-0.4, -0.2) is 35.3 Å². The predicted octanol–water partition coefficient (Wildman–Crippen LogP) is 1.34. The monoisotopic (exact) mass is 250 g/mol. The molecule has 6 heteroatoms. The number of carboxylic acids is 1. The van der Waals surface area contributed by atoms with Crippen LogP contribution in [-0.2, 0) is 22.6 Å². The lowest BCUT2D eigenvalue weighted by atomic mass is 10.1. The van der Waals surface area contributed by atoms with E-state index in [9.17, 15) is 4.79 Å². The van der Waals surface area contributed by atoms with Crippen molar-refractivity contribution in [1.82, 2.24) is 9.97 Å². The van der Waals surface area contributed by atoms with Crippen molar-refractivity contribution in [3.63, 3.8) is 0 Å². The summed E-state index contributed by atoms with van der Waals surface area (Å²) in [5.74, 6) is 0.366. The van der Waals surface area contributed by atoms with E-state index in [-0.39, 0.29) is 6.42 Å². The van der Waals surface area contributed by atoms with E-state index in [0.717, 1.165) is 0 Å². The Bertz CT molecular complexity index is 577. The van der Waals surface area contributed by atoms with Crippen LogP contribution in [0.25, 0.3) is 11.0 Å². The molecule has 0 aliphatic carbocycles. The third-order valence-electron chi connectivity index (χ3n) is 2.59. The lowest BCUT2D eigenvalue weighted by Crippen LogP contribution is -2.01. The Morgan fingerprint density at radius 3 is 2.83 bits per heavy atom. The number of hydrogen-bond donors (Lipinski definition) is 2. The van der Waals surface area contributed by atoms with Gasteiger partial charge in [-0.15, -0.1) is 0 Å². The van der Waals surface area contributed by atoms with Crippen LogP contribution in [0.2, 0.25) is 0 Å². The van der Waals surface area contributed by atoms with Crippen molar-refractivity contribution in [2.45, 2.75) is 13.0 Å². The van der Waals surface area contributed by atoms with E-state index in [1.54, 1.807) is 26.4 Å². The zero-order valence-corrected chi connectivity index (χ0v) is 10.2. The van der Waals surface area contributed by atoms with Gasteiger partial charge in [-0.3, -0.25) is 4.79 Å². The zero-order chi connectivity index (χ0) is 13.1. The smallest absolute Gasteiger partial charge is 0.307 e. The van der Waals surface area contributed by atoms with E-state index >= 15 is 0 Å². The van der Waals surface area contributed by atoms with Crippen LogP contribution in [0.5, 0.6) is 5.75 Å². The van der Waals surface area contributed by atoms with Crippen molar-refractivity contribution in [3.8, 4) is 5.75 Å². The molecule has 1 heterocycles. The summed E-state index contributed by atoms with van der Waals surface area (Å²) < 4.78 is 10.2. The molecule has 0 spiro atoms. The van der Waals surface area contributed by atoms with Crippen LogP contribution in [0.4, 0.5) is 0 Å². The molecule has 0 fully saturated rings. The van der Waals surface area contributed by atoms with E-state index < -0.39 is 5.97 Å². The van der Waals surface area contributed by atoms with Crippen LogP contribution in [0, 0.1) is 0 Å². The number of aromatic nitrogens is 2. The van der Waals surface area contributed by atoms with Gasteiger partial charge in [0, 0.05) is 7.11 Å². The summed E-state index contributed by atoms with van der Waals surface area (Å²) in [4.78, 5) is 18.2.